The molecule has 0 spiro atoms. The van der Waals surface area contributed by atoms with Crippen LogP contribution in [0.25, 0.3) is 0 Å². The van der Waals surface area contributed by atoms with Gasteiger partial charge in [-0.05, 0) is 0 Å². The Morgan fingerprint density at radius 1 is 1.54 bits per heavy atom. The Balaban J connectivity index is 2.50. The van der Waals surface area contributed by atoms with Gasteiger partial charge in [0.05, 0.1) is 4.88 Å². The first-order valence-corrected chi connectivity index (χ1v) is 4.12. The van der Waals surface area contributed by atoms with E-state index in [1.165, 1.54) is 11.4 Å². The van der Waals surface area contributed by atoms with E-state index in [1.54, 1.807) is 0 Å². The summed E-state index contributed by atoms with van der Waals surface area (Å²) in [6, 6.07) is 1.27. The van der Waals surface area contributed by atoms with Crippen LogP contribution >= 0.6 is 11.3 Å². The molecule has 13 heavy (non-hydrogen) atoms. The smallest absolute Gasteiger partial charge is 0.422 e. The van der Waals surface area contributed by atoms with Crippen molar-refractivity contribution in [2.45, 2.75) is 6.18 Å². The van der Waals surface area contributed by atoms with Crippen LogP contribution in [-0.4, -0.2) is 19.1 Å². The molecule has 1 rings (SSSR count). The largest absolute Gasteiger partial charge is 0.483 e. The first-order valence-electron chi connectivity index (χ1n) is 3.24. The highest BCUT2D eigenvalue weighted by molar-refractivity contribution is 7.11. The summed E-state index contributed by atoms with van der Waals surface area (Å²) < 4.78 is 39.3. The molecule has 0 amide bonds. The van der Waals surface area contributed by atoms with Crippen LogP contribution in [-0.2, 0) is 0 Å². The summed E-state index contributed by atoms with van der Waals surface area (Å²) in [4.78, 5) is 10.5. The van der Waals surface area contributed by atoms with E-state index in [0.29, 0.717) is 11.2 Å². The van der Waals surface area contributed by atoms with Crippen LogP contribution in [0.5, 0.6) is 5.75 Å². The predicted molar refractivity (Wildman–Crippen MR) is 41.3 cm³/mol. The van der Waals surface area contributed by atoms with Crippen molar-refractivity contribution in [1.82, 2.24) is 0 Å². The fourth-order valence-electron chi connectivity index (χ4n) is 0.637. The number of aldehydes is 1. The summed E-state index contributed by atoms with van der Waals surface area (Å²) in [5.74, 6) is 0.0735. The summed E-state index contributed by atoms with van der Waals surface area (Å²) in [6.07, 6.45) is -3.78. The molecule has 0 atom stereocenters. The van der Waals surface area contributed by atoms with Crippen molar-refractivity contribution < 1.29 is 22.7 Å². The maximum Gasteiger partial charge on any atom is 0.422 e. The van der Waals surface area contributed by atoms with Crippen LogP contribution in [0.4, 0.5) is 13.2 Å². The number of carbonyl (C=O) groups excluding carboxylic acids is 1. The van der Waals surface area contributed by atoms with Gasteiger partial charge in [0.2, 0.25) is 0 Å². The molecule has 6 heteroatoms. The summed E-state index contributed by atoms with van der Waals surface area (Å²) in [5.41, 5.74) is 0. The molecule has 1 aromatic heterocycles. The second kappa shape index (κ2) is 3.78. The molecule has 0 bridgehead atoms. The molecule has 1 heterocycles. The van der Waals surface area contributed by atoms with E-state index in [2.05, 4.69) is 4.74 Å². The Bertz CT molecular complexity index is 292. The van der Waals surface area contributed by atoms with Crippen LogP contribution in [0.1, 0.15) is 9.67 Å². The molecule has 0 saturated carbocycles. The van der Waals surface area contributed by atoms with Gasteiger partial charge in [0.25, 0.3) is 0 Å². The van der Waals surface area contributed by atoms with Crippen molar-refractivity contribution in [2.75, 3.05) is 6.61 Å². The lowest BCUT2D eigenvalue weighted by molar-refractivity contribution is -0.153. The van der Waals surface area contributed by atoms with E-state index in [1.807, 2.05) is 0 Å². The SMILES string of the molecule is O=Cc1cc(OCC(F)(F)F)cs1. The molecule has 0 unspecified atom stereocenters. The molecule has 0 saturated heterocycles. The van der Waals surface area contributed by atoms with Crippen LogP contribution in [0.3, 0.4) is 0 Å². The standard InChI is InChI=1S/C7H5F3O2S/c8-7(9,10)4-12-5-1-6(2-11)13-3-5/h1-3H,4H2. The lowest BCUT2D eigenvalue weighted by Gasteiger charge is -2.06. The highest BCUT2D eigenvalue weighted by Gasteiger charge is 2.28. The van der Waals surface area contributed by atoms with Gasteiger partial charge in [0, 0.05) is 11.4 Å². The molecule has 2 nitrogen and oxygen atoms in total. The Kier molecular flexibility index (Phi) is 2.92. The topological polar surface area (TPSA) is 26.3 Å². The highest BCUT2D eigenvalue weighted by atomic mass is 32.1. The number of hydrogen-bond acceptors (Lipinski definition) is 3. The highest BCUT2D eigenvalue weighted by Crippen LogP contribution is 2.22. The lowest BCUT2D eigenvalue weighted by Crippen LogP contribution is -2.18. The van der Waals surface area contributed by atoms with E-state index in [-0.39, 0.29) is 5.75 Å². The second-order valence-electron chi connectivity index (χ2n) is 2.21. The molecule has 0 aromatic carbocycles. The van der Waals surface area contributed by atoms with Crippen molar-refractivity contribution in [3.05, 3.63) is 16.3 Å². The number of halogens is 3. The average Bonchev–Trinajstić information content (AvgIpc) is 2.47. The molecule has 0 N–H and O–H groups in total. The van der Waals surface area contributed by atoms with Gasteiger partial charge in [-0.1, -0.05) is 0 Å². The summed E-state index contributed by atoms with van der Waals surface area (Å²) in [7, 11) is 0. The van der Waals surface area contributed by atoms with Gasteiger partial charge >= 0.3 is 6.18 Å². The Morgan fingerprint density at radius 3 is 2.69 bits per heavy atom. The molecule has 0 aliphatic rings. The molecule has 0 radical (unpaired) electrons. The zero-order valence-electron chi connectivity index (χ0n) is 6.30. The molecule has 1 aromatic rings. The first-order chi connectivity index (χ1) is 6.01. The molecular formula is C7H5F3O2S. The quantitative estimate of drug-likeness (QED) is 0.716. The lowest BCUT2D eigenvalue weighted by atomic mass is 10.5. The average molecular weight is 210 g/mol. The first kappa shape index (κ1) is 10.0. The Hall–Kier alpha value is -1.04. The predicted octanol–water partition coefficient (Wildman–Crippen LogP) is 2.50. The maximum absolute atomic E-state index is 11.6. The fourth-order valence-corrected chi connectivity index (χ4v) is 1.27. The van der Waals surface area contributed by atoms with Crippen molar-refractivity contribution in [3.63, 3.8) is 0 Å². The van der Waals surface area contributed by atoms with E-state index in [4.69, 9.17) is 0 Å². The third kappa shape index (κ3) is 3.45. The zero-order chi connectivity index (χ0) is 9.90. The monoisotopic (exact) mass is 210 g/mol. The molecule has 72 valence electrons. The summed E-state index contributed by atoms with van der Waals surface area (Å²) >= 11 is 1.04. The number of alkyl halides is 3. The van der Waals surface area contributed by atoms with Crippen molar-refractivity contribution in [3.8, 4) is 5.75 Å². The van der Waals surface area contributed by atoms with Crippen LogP contribution in [0.15, 0.2) is 11.4 Å². The van der Waals surface area contributed by atoms with Crippen LogP contribution in [0, 0.1) is 0 Å². The normalized spacial score (nSPS) is 11.3. The number of carbonyl (C=O) groups is 1. The molecule has 0 fully saturated rings. The van der Waals surface area contributed by atoms with Crippen molar-refractivity contribution in [2.24, 2.45) is 0 Å². The summed E-state index contributed by atoms with van der Waals surface area (Å²) in [6.45, 7) is -1.33. The van der Waals surface area contributed by atoms with E-state index in [0.717, 1.165) is 11.3 Å². The Morgan fingerprint density at radius 2 is 2.23 bits per heavy atom. The van der Waals surface area contributed by atoms with E-state index in [9.17, 15) is 18.0 Å². The summed E-state index contributed by atoms with van der Waals surface area (Å²) in [5, 5.41) is 1.36. The van der Waals surface area contributed by atoms with Gasteiger partial charge in [-0.15, -0.1) is 11.3 Å². The van der Waals surface area contributed by atoms with Gasteiger partial charge in [0.15, 0.2) is 12.9 Å². The van der Waals surface area contributed by atoms with Gasteiger partial charge in [-0.2, -0.15) is 13.2 Å². The van der Waals surface area contributed by atoms with Gasteiger partial charge in [0.1, 0.15) is 5.75 Å². The molecular weight excluding hydrogens is 205 g/mol. The minimum atomic E-state index is -4.34. The number of ether oxygens (including phenoxy) is 1. The second-order valence-corrected chi connectivity index (χ2v) is 3.15. The van der Waals surface area contributed by atoms with Crippen molar-refractivity contribution >= 4 is 17.6 Å². The van der Waals surface area contributed by atoms with Gasteiger partial charge < -0.3 is 4.74 Å². The third-order valence-electron chi connectivity index (χ3n) is 1.11. The van der Waals surface area contributed by atoms with Crippen LogP contribution < -0.4 is 4.74 Å². The zero-order valence-corrected chi connectivity index (χ0v) is 7.11. The van der Waals surface area contributed by atoms with Crippen LogP contribution in [0.2, 0.25) is 0 Å². The van der Waals surface area contributed by atoms with Crippen molar-refractivity contribution in [1.29, 1.82) is 0 Å². The van der Waals surface area contributed by atoms with Gasteiger partial charge in [-0.25, -0.2) is 0 Å². The number of thiophene rings is 1. The molecule has 0 aliphatic carbocycles. The van der Waals surface area contributed by atoms with Gasteiger partial charge in [-0.3, -0.25) is 4.79 Å². The number of hydrogen-bond donors (Lipinski definition) is 0. The van der Waals surface area contributed by atoms with E-state index >= 15 is 0 Å². The Labute approximate surface area is 75.9 Å². The molecule has 0 aliphatic heterocycles. The number of rotatable bonds is 3. The third-order valence-corrected chi connectivity index (χ3v) is 1.95. The van der Waals surface area contributed by atoms with E-state index < -0.39 is 12.8 Å². The fraction of sp³-hybridized carbons (Fsp3) is 0.286. The maximum atomic E-state index is 11.6. The minimum Gasteiger partial charge on any atom is -0.483 e. The minimum absolute atomic E-state index is 0.0735.